The molecule has 0 radical (unpaired) electrons. The zero-order valence-corrected chi connectivity index (χ0v) is 17.1. The molecule has 8 heteroatoms. The number of nitrogens with zero attached hydrogens (tertiary/aromatic N) is 4. The van der Waals surface area contributed by atoms with Crippen molar-refractivity contribution in [3.8, 4) is 0 Å². The highest BCUT2D eigenvalue weighted by atomic mass is 32.1. The second-order valence-electron chi connectivity index (χ2n) is 7.96. The van der Waals surface area contributed by atoms with Gasteiger partial charge in [-0.1, -0.05) is 38.2 Å². The number of imidazole rings is 1. The Kier molecular flexibility index (Phi) is 4.47. The number of hydrogen-bond donors (Lipinski definition) is 2. The van der Waals surface area contributed by atoms with Crippen molar-refractivity contribution < 1.29 is 9.90 Å². The molecular formula is C20H23N5O2S. The maximum absolute atomic E-state index is 12.5. The third-order valence-electron chi connectivity index (χ3n) is 4.83. The van der Waals surface area contributed by atoms with E-state index in [9.17, 15) is 9.90 Å². The van der Waals surface area contributed by atoms with E-state index in [2.05, 4.69) is 48.2 Å². The molecule has 0 spiro atoms. The molecule has 1 atom stereocenters. The minimum Gasteiger partial charge on any atom is -0.370 e. The lowest BCUT2D eigenvalue weighted by molar-refractivity contribution is -0.116. The summed E-state index contributed by atoms with van der Waals surface area (Å²) in [5.41, 5.74) is 2.98. The lowest BCUT2D eigenvalue weighted by Crippen LogP contribution is -2.32. The maximum atomic E-state index is 12.5. The summed E-state index contributed by atoms with van der Waals surface area (Å²) in [6.07, 6.45) is 4.35. The summed E-state index contributed by atoms with van der Waals surface area (Å²) in [6.45, 7) is 6.65. The first-order chi connectivity index (χ1) is 13.2. The summed E-state index contributed by atoms with van der Waals surface area (Å²) in [6, 6.07) is 6.23. The topological polar surface area (TPSA) is 83.3 Å². The Morgan fingerprint density at radius 2 is 2.14 bits per heavy atom. The van der Waals surface area contributed by atoms with Crippen LogP contribution in [-0.4, -0.2) is 38.8 Å². The molecule has 1 aliphatic rings. The SMILES string of the molecule is CN1c2ncn(CC(=O)Nc3nc4ccc(C(C)(C)C)cc4s3)c2C=CC1O. The lowest BCUT2D eigenvalue weighted by atomic mass is 9.87. The van der Waals surface area contributed by atoms with E-state index in [0.717, 1.165) is 15.9 Å². The predicted molar refractivity (Wildman–Crippen MR) is 113 cm³/mol. The molecule has 1 aromatic carbocycles. The normalized spacial score (nSPS) is 16.5. The van der Waals surface area contributed by atoms with E-state index in [1.54, 1.807) is 35.0 Å². The number of thiazole rings is 1. The molecule has 28 heavy (non-hydrogen) atoms. The molecular weight excluding hydrogens is 374 g/mol. The van der Waals surface area contributed by atoms with E-state index in [-0.39, 0.29) is 17.9 Å². The average Bonchev–Trinajstić information content (AvgIpc) is 3.20. The third kappa shape index (κ3) is 3.41. The molecule has 0 aliphatic carbocycles. The van der Waals surface area contributed by atoms with E-state index in [1.807, 2.05) is 6.07 Å². The number of carbonyl (C=O) groups excluding carboxylic acids is 1. The van der Waals surface area contributed by atoms with Gasteiger partial charge in [-0.15, -0.1) is 0 Å². The number of hydrogen-bond acceptors (Lipinski definition) is 6. The number of fused-ring (bicyclic) bond motifs is 2. The lowest BCUT2D eigenvalue weighted by Gasteiger charge is -2.25. The number of likely N-dealkylation sites (N-methyl/N-ethyl adjacent to an activating group) is 1. The smallest absolute Gasteiger partial charge is 0.246 e. The van der Waals surface area contributed by atoms with Crippen molar-refractivity contribution in [3.05, 3.63) is 41.9 Å². The second kappa shape index (κ2) is 6.72. The fraction of sp³-hybridized carbons (Fsp3) is 0.350. The minimum absolute atomic E-state index is 0.0658. The zero-order chi connectivity index (χ0) is 20.1. The van der Waals surface area contributed by atoms with E-state index in [4.69, 9.17) is 0 Å². The highest BCUT2D eigenvalue weighted by Crippen LogP contribution is 2.31. The van der Waals surface area contributed by atoms with E-state index in [1.165, 1.54) is 16.9 Å². The van der Waals surface area contributed by atoms with Crippen LogP contribution in [0.5, 0.6) is 0 Å². The molecule has 3 aromatic rings. The van der Waals surface area contributed by atoms with E-state index in [0.29, 0.717) is 10.9 Å². The van der Waals surface area contributed by atoms with Crippen LogP contribution in [0.4, 0.5) is 10.9 Å². The van der Waals surface area contributed by atoms with Gasteiger partial charge in [0.15, 0.2) is 10.9 Å². The van der Waals surface area contributed by atoms with E-state index < -0.39 is 6.23 Å². The molecule has 0 fully saturated rings. The highest BCUT2D eigenvalue weighted by Gasteiger charge is 2.22. The summed E-state index contributed by atoms with van der Waals surface area (Å²) in [4.78, 5) is 23.0. The number of carbonyl (C=O) groups is 1. The van der Waals surface area contributed by atoms with Gasteiger partial charge in [-0.2, -0.15) is 0 Å². The number of nitrogens with one attached hydrogen (secondary N) is 1. The summed E-state index contributed by atoms with van der Waals surface area (Å²) >= 11 is 1.47. The molecule has 7 nitrogen and oxygen atoms in total. The van der Waals surface area contributed by atoms with Crippen LogP contribution in [0.3, 0.4) is 0 Å². The molecule has 0 saturated heterocycles. The molecule has 4 rings (SSSR count). The maximum Gasteiger partial charge on any atom is 0.246 e. The number of benzene rings is 1. The standard InChI is InChI=1S/C20H23N5O2S/c1-20(2,3)12-5-6-13-15(9-12)28-19(22-13)23-16(26)10-25-11-21-18-14(25)7-8-17(27)24(18)4/h5-9,11,17,27H,10H2,1-4H3,(H,22,23,26). The molecule has 146 valence electrons. The first-order valence-corrected chi connectivity index (χ1v) is 9.89. The largest absolute Gasteiger partial charge is 0.370 e. The van der Waals surface area contributed by atoms with Crippen molar-refractivity contribution in [1.29, 1.82) is 0 Å². The van der Waals surface area contributed by atoms with Crippen molar-refractivity contribution in [1.82, 2.24) is 14.5 Å². The fourth-order valence-electron chi connectivity index (χ4n) is 3.14. The number of aliphatic hydroxyl groups excluding tert-OH is 1. The Bertz CT molecular complexity index is 1080. The van der Waals surface area contributed by atoms with Crippen molar-refractivity contribution in [2.45, 2.75) is 39.0 Å². The van der Waals surface area contributed by atoms with Crippen LogP contribution < -0.4 is 10.2 Å². The predicted octanol–water partition coefficient (Wildman–Crippen LogP) is 3.21. The van der Waals surface area contributed by atoms with Gasteiger partial charge in [0.05, 0.1) is 22.2 Å². The number of rotatable bonds is 3. The molecule has 1 unspecified atom stereocenters. The van der Waals surface area contributed by atoms with Gasteiger partial charge in [-0.05, 0) is 35.3 Å². The molecule has 3 heterocycles. The number of aliphatic hydroxyl groups is 1. The minimum atomic E-state index is -0.703. The molecule has 1 aliphatic heterocycles. The van der Waals surface area contributed by atoms with Gasteiger partial charge in [0.25, 0.3) is 0 Å². The molecule has 2 aromatic heterocycles. The van der Waals surface area contributed by atoms with Crippen LogP contribution >= 0.6 is 11.3 Å². The third-order valence-corrected chi connectivity index (χ3v) is 5.76. The van der Waals surface area contributed by atoms with Crippen LogP contribution in [-0.2, 0) is 16.8 Å². The van der Waals surface area contributed by atoms with Gasteiger partial charge in [0.1, 0.15) is 12.8 Å². The van der Waals surface area contributed by atoms with Crippen LogP contribution in [0.2, 0.25) is 0 Å². The summed E-state index contributed by atoms with van der Waals surface area (Å²) in [7, 11) is 1.76. The number of aromatic nitrogens is 3. The van der Waals surface area contributed by atoms with Crippen molar-refractivity contribution in [3.63, 3.8) is 0 Å². The highest BCUT2D eigenvalue weighted by molar-refractivity contribution is 7.22. The Morgan fingerprint density at radius 1 is 1.36 bits per heavy atom. The van der Waals surface area contributed by atoms with Crippen molar-refractivity contribution in [2.24, 2.45) is 0 Å². The molecule has 2 N–H and O–H groups in total. The first-order valence-electron chi connectivity index (χ1n) is 9.07. The van der Waals surface area contributed by atoms with Crippen molar-refractivity contribution >= 4 is 44.5 Å². The van der Waals surface area contributed by atoms with Crippen LogP contribution in [0.25, 0.3) is 16.3 Å². The van der Waals surface area contributed by atoms with Gasteiger partial charge in [-0.3, -0.25) is 4.79 Å². The monoisotopic (exact) mass is 397 g/mol. The Morgan fingerprint density at radius 3 is 2.89 bits per heavy atom. The number of amides is 1. The van der Waals surface area contributed by atoms with E-state index >= 15 is 0 Å². The van der Waals surface area contributed by atoms with Crippen LogP contribution in [0.1, 0.15) is 32.0 Å². The molecule has 1 amide bonds. The van der Waals surface area contributed by atoms with Gasteiger partial charge in [0.2, 0.25) is 5.91 Å². The quantitative estimate of drug-likeness (QED) is 0.709. The molecule has 0 bridgehead atoms. The number of anilines is 2. The fourth-order valence-corrected chi connectivity index (χ4v) is 4.06. The zero-order valence-electron chi connectivity index (χ0n) is 16.3. The average molecular weight is 398 g/mol. The summed E-state index contributed by atoms with van der Waals surface area (Å²) in [5.74, 6) is 0.481. The summed E-state index contributed by atoms with van der Waals surface area (Å²) < 4.78 is 2.82. The van der Waals surface area contributed by atoms with Crippen LogP contribution in [0, 0.1) is 0 Å². The second-order valence-corrected chi connectivity index (χ2v) is 9.00. The van der Waals surface area contributed by atoms with Crippen LogP contribution in [0.15, 0.2) is 30.6 Å². The van der Waals surface area contributed by atoms with Gasteiger partial charge in [0, 0.05) is 7.05 Å². The van der Waals surface area contributed by atoms with Gasteiger partial charge >= 0.3 is 0 Å². The Hall–Kier alpha value is -2.71. The Balaban J connectivity index is 1.51. The first kappa shape index (κ1) is 18.6. The van der Waals surface area contributed by atoms with Gasteiger partial charge in [-0.25, -0.2) is 9.97 Å². The summed E-state index contributed by atoms with van der Waals surface area (Å²) in [5, 5.41) is 13.3. The Labute approximate surface area is 167 Å². The molecule has 0 saturated carbocycles. The van der Waals surface area contributed by atoms with Gasteiger partial charge < -0.3 is 19.9 Å². The van der Waals surface area contributed by atoms with Crippen molar-refractivity contribution in [2.75, 3.05) is 17.3 Å².